The Hall–Kier alpha value is -1.87. The Kier molecular flexibility index (Phi) is 2.85. The second-order valence-electron chi connectivity index (χ2n) is 6.13. The molecule has 4 aromatic rings. The maximum atomic E-state index is 3.62. The molecule has 4 rings (SSSR count). The van der Waals surface area contributed by atoms with E-state index in [1.807, 2.05) is 0 Å². The molecule has 0 unspecified atom stereocenters. The number of fused-ring (bicyclic) bond motifs is 4. The van der Waals surface area contributed by atoms with Crippen LogP contribution in [0.1, 0.15) is 11.1 Å². The molecule has 2 aromatic carbocycles. The largest absolute Gasteiger partial charge is 0.343 e. The van der Waals surface area contributed by atoms with Crippen molar-refractivity contribution in [3.05, 3.63) is 52.3 Å². The monoisotopic (exact) mass is 353 g/mol. The van der Waals surface area contributed by atoms with Crippen LogP contribution in [0.3, 0.4) is 0 Å². The maximum absolute atomic E-state index is 3.62. The summed E-state index contributed by atoms with van der Waals surface area (Å²) in [5.41, 5.74) is 5.33. The van der Waals surface area contributed by atoms with Gasteiger partial charge in [0.25, 0.3) is 0 Å². The number of halogens is 1. The van der Waals surface area contributed by atoms with Crippen molar-refractivity contribution in [3.8, 4) is 0 Å². The highest BCUT2D eigenvalue weighted by atomic mass is 79.9. The van der Waals surface area contributed by atoms with E-state index in [4.69, 9.17) is 0 Å². The number of rotatable bonds is 0. The SMILES string of the molecule is Cc1c2c[n+](C)ccc2c(C)c2c1c1cc(Br)ccc1n2C. The molecular weight excluding hydrogens is 336 g/mol. The van der Waals surface area contributed by atoms with Gasteiger partial charge in [-0.1, -0.05) is 15.9 Å². The summed E-state index contributed by atoms with van der Waals surface area (Å²) in [4.78, 5) is 0. The first kappa shape index (κ1) is 13.8. The van der Waals surface area contributed by atoms with Crippen LogP contribution in [0.25, 0.3) is 32.6 Å². The lowest BCUT2D eigenvalue weighted by molar-refractivity contribution is -0.670. The van der Waals surface area contributed by atoms with Gasteiger partial charge in [-0.05, 0) is 48.6 Å². The summed E-state index contributed by atoms with van der Waals surface area (Å²) in [6.07, 6.45) is 4.35. The summed E-state index contributed by atoms with van der Waals surface area (Å²) in [5, 5.41) is 5.37. The molecule has 0 atom stereocenters. The van der Waals surface area contributed by atoms with Gasteiger partial charge in [0.05, 0.1) is 5.52 Å². The highest BCUT2D eigenvalue weighted by Gasteiger charge is 2.17. The first-order valence-electron chi connectivity index (χ1n) is 7.45. The zero-order valence-electron chi connectivity index (χ0n) is 13.2. The van der Waals surface area contributed by atoms with E-state index in [1.54, 1.807) is 0 Å². The van der Waals surface area contributed by atoms with E-state index in [2.05, 4.69) is 89.7 Å². The van der Waals surface area contributed by atoms with Crippen LogP contribution in [-0.4, -0.2) is 4.57 Å². The topological polar surface area (TPSA) is 8.81 Å². The van der Waals surface area contributed by atoms with Gasteiger partial charge in [0, 0.05) is 39.3 Å². The standard InChI is InChI=1S/C19H18BrN2/c1-11-16-10-21(3)8-7-14(16)12(2)19-18(11)15-9-13(20)5-6-17(15)22(19)4/h5-10H,1-4H3/q+1. The number of pyridine rings is 1. The molecule has 22 heavy (non-hydrogen) atoms. The first-order chi connectivity index (χ1) is 10.5. The summed E-state index contributed by atoms with van der Waals surface area (Å²) in [5.74, 6) is 0. The summed E-state index contributed by atoms with van der Waals surface area (Å²) in [7, 11) is 4.25. The van der Waals surface area contributed by atoms with Crippen LogP contribution >= 0.6 is 15.9 Å². The number of benzene rings is 2. The summed E-state index contributed by atoms with van der Waals surface area (Å²) < 4.78 is 5.58. The van der Waals surface area contributed by atoms with Crippen LogP contribution in [-0.2, 0) is 14.1 Å². The average molecular weight is 354 g/mol. The lowest BCUT2D eigenvalue weighted by Gasteiger charge is -2.09. The van der Waals surface area contributed by atoms with E-state index < -0.39 is 0 Å². The van der Waals surface area contributed by atoms with Crippen LogP contribution in [0.15, 0.2) is 41.1 Å². The fraction of sp³-hybridized carbons (Fsp3) is 0.211. The second kappa shape index (κ2) is 4.56. The zero-order chi connectivity index (χ0) is 15.6. The van der Waals surface area contributed by atoms with Crippen LogP contribution in [0, 0.1) is 13.8 Å². The molecule has 0 amide bonds. The number of hydrogen-bond acceptors (Lipinski definition) is 0. The molecule has 0 saturated heterocycles. The molecule has 0 fully saturated rings. The third kappa shape index (κ3) is 1.69. The molecule has 3 heteroatoms. The zero-order valence-corrected chi connectivity index (χ0v) is 14.8. The van der Waals surface area contributed by atoms with E-state index in [-0.39, 0.29) is 0 Å². The van der Waals surface area contributed by atoms with Crippen LogP contribution in [0.4, 0.5) is 0 Å². The van der Waals surface area contributed by atoms with Crippen molar-refractivity contribution in [2.75, 3.05) is 0 Å². The molecule has 0 N–H and O–H groups in total. The van der Waals surface area contributed by atoms with E-state index in [9.17, 15) is 0 Å². The fourth-order valence-electron chi connectivity index (χ4n) is 3.72. The minimum Gasteiger partial charge on any atom is -0.343 e. The molecule has 110 valence electrons. The molecule has 0 aliphatic carbocycles. The van der Waals surface area contributed by atoms with Crippen LogP contribution in [0.2, 0.25) is 0 Å². The first-order valence-corrected chi connectivity index (χ1v) is 8.24. The van der Waals surface area contributed by atoms with E-state index in [0.717, 1.165) is 4.47 Å². The molecule has 0 aliphatic heterocycles. The van der Waals surface area contributed by atoms with Crippen molar-refractivity contribution in [2.45, 2.75) is 13.8 Å². The van der Waals surface area contributed by atoms with Gasteiger partial charge in [-0.25, -0.2) is 4.57 Å². The van der Waals surface area contributed by atoms with Gasteiger partial charge >= 0.3 is 0 Å². The summed E-state index contributed by atoms with van der Waals surface area (Å²) in [6.45, 7) is 4.47. The molecule has 0 radical (unpaired) electrons. The minimum absolute atomic E-state index is 1.13. The molecule has 0 saturated carbocycles. The summed E-state index contributed by atoms with van der Waals surface area (Å²) in [6, 6.07) is 8.78. The average Bonchev–Trinajstić information content (AvgIpc) is 2.77. The van der Waals surface area contributed by atoms with Gasteiger partial charge in [0.2, 0.25) is 0 Å². The molecule has 0 bridgehead atoms. The van der Waals surface area contributed by atoms with Crippen molar-refractivity contribution in [1.82, 2.24) is 4.57 Å². The van der Waals surface area contributed by atoms with E-state index >= 15 is 0 Å². The lowest BCUT2D eigenvalue weighted by Crippen LogP contribution is -2.26. The van der Waals surface area contributed by atoms with Crippen LogP contribution in [0.5, 0.6) is 0 Å². The number of aryl methyl sites for hydroxylation is 4. The lowest BCUT2D eigenvalue weighted by atomic mass is 9.97. The Morgan fingerprint density at radius 1 is 1.00 bits per heavy atom. The van der Waals surface area contributed by atoms with Crippen molar-refractivity contribution < 1.29 is 4.57 Å². The van der Waals surface area contributed by atoms with Gasteiger partial charge in [0.1, 0.15) is 7.05 Å². The quantitative estimate of drug-likeness (QED) is 0.405. The van der Waals surface area contributed by atoms with Crippen molar-refractivity contribution >= 4 is 48.5 Å². The van der Waals surface area contributed by atoms with E-state index in [0.29, 0.717) is 0 Å². The fourth-order valence-corrected chi connectivity index (χ4v) is 4.08. The molecule has 2 aromatic heterocycles. The van der Waals surface area contributed by atoms with Crippen LogP contribution < -0.4 is 4.57 Å². The number of aromatic nitrogens is 2. The van der Waals surface area contributed by atoms with Gasteiger partial charge < -0.3 is 4.57 Å². The Morgan fingerprint density at radius 2 is 1.77 bits per heavy atom. The van der Waals surface area contributed by atoms with Crippen molar-refractivity contribution in [1.29, 1.82) is 0 Å². The van der Waals surface area contributed by atoms with Crippen molar-refractivity contribution in [3.63, 3.8) is 0 Å². The molecule has 0 spiro atoms. The molecule has 2 heterocycles. The predicted molar refractivity (Wildman–Crippen MR) is 96.3 cm³/mol. The molecule has 2 nitrogen and oxygen atoms in total. The third-order valence-electron chi connectivity index (χ3n) is 4.80. The van der Waals surface area contributed by atoms with Gasteiger partial charge in [-0.3, -0.25) is 0 Å². The van der Waals surface area contributed by atoms with Crippen molar-refractivity contribution in [2.24, 2.45) is 14.1 Å². The smallest absolute Gasteiger partial charge is 0.176 e. The highest BCUT2D eigenvalue weighted by Crippen LogP contribution is 2.38. The minimum atomic E-state index is 1.13. The number of hydrogen-bond donors (Lipinski definition) is 0. The highest BCUT2D eigenvalue weighted by molar-refractivity contribution is 9.10. The third-order valence-corrected chi connectivity index (χ3v) is 5.29. The maximum Gasteiger partial charge on any atom is 0.176 e. The Morgan fingerprint density at radius 3 is 2.55 bits per heavy atom. The van der Waals surface area contributed by atoms with Gasteiger partial charge in [-0.2, -0.15) is 0 Å². The van der Waals surface area contributed by atoms with Gasteiger partial charge in [-0.15, -0.1) is 0 Å². The Balaban J connectivity index is 2.39. The van der Waals surface area contributed by atoms with Gasteiger partial charge in [0.15, 0.2) is 12.4 Å². The number of nitrogens with zero attached hydrogens (tertiary/aromatic N) is 2. The molecule has 0 aliphatic rings. The molecular formula is C19H18BrN2+. The Bertz CT molecular complexity index is 1070. The van der Waals surface area contributed by atoms with E-state index in [1.165, 1.54) is 43.7 Å². The predicted octanol–water partition coefficient (Wildman–Crippen LogP) is 4.69. The Labute approximate surface area is 138 Å². The normalized spacial score (nSPS) is 11.9. The second-order valence-corrected chi connectivity index (χ2v) is 7.05. The summed E-state index contributed by atoms with van der Waals surface area (Å²) >= 11 is 3.62.